The molecule has 0 spiro atoms. The van der Waals surface area contributed by atoms with Crippen molar-refractivity contribution in [1.82, 2.24) is 9.99 Å². The lowest BCUT2D eigenvalue weighted by Gasteiger charge is -2.05. The van der Waals surface area contributed by atoms with Crippen molar-refractivity contribution < 1.29 is 14.1 Å². The smallest absolute Gasteiger partial charge is 0.307 e. The number of benzene rings is 3. The summed E-state index contributed by atoms with van der Waals surface area (Å²) in [5, 5.41) is 16.5. The van der Waals surface area contributed by atoms with E-state index in [0.29, 0.717) is 17.5 Å². The number of furan rings is 1. The number of para-hydroxylation sites is 1. The first-order chi connectivity index (χ1) is 16.1. The van der Waals surface area contributed by atoms with Crippen molar-refractivity contribution in [2.75, 3.05) is 0 Å². The zero-order valence-electron chi connectivity index (χ0n) is 17.3. The van der Waals surface area contributed by atoms with Crippen LogP contribution in [-0.4, -0.2) is 21.6 Å². The van der Waals surface area contributed by atoms with Gasteiger partial charge in [-0.15, -0.1) is 0 Å². The first kappa shape index (κ1) is 20.2. The number of hydrogen-bond donors (Lipinski definition) is 1. The SMILES string of the molecule is O=C(N/N=C\c1cn(Cc2ccccc2)c2ccccc12)c1cc2cc([N+](=O)[O-])ccc2o1. The average molecular weight is 438 g/mol. The number of hydrazone groups is 1. The molecule has 0 aliphatic rings. The van der Waals surface area contributed by atoms with E-state index in [1.807, 2.05) is 48.7 Å². The van der Waals surface area contributed by atoms with Crippen molar-refractivity contribution in [3.63, 3.8) is 0 Å². The highest BCUT2D eigenvalue weighted by atomic mass is 16.6. The molecule has 1 amide bonds. The van der Waals surface area contributed by atoms with E-state index in [4.69, 9.17) is 4.42 Å². The first-order valence-corrected chi connectivity index (χ1v) is 10.2. The highest BCUT2D eigenvalue weighted by molar-refractivity contribution is 6.01. The molecule has 2 aromatic heterocycles. The number of nitro groups is 1. The summed E-state index contributed by atoms with van der Waals surface area (Å²) in [5.41, 5.74) is 5.89. The predicted molar refractivity (Wildman–Crippen MR) is 125 cm³/mol. The topological polar surface area (TPSA) is 103 Å². The number of amides is 1. The molecule has 0 saturated heterocycles. The number of nitrogens with one attached hydrogen (secondary N) is 1. The van der Waals surface area contributed by atoms with Gasteiger partial charge in [0, 0.05) is 46.7 Å². The second-order valence-corrected chi connectivity index (χ2v) is 7.50. The van der Waals surface area contributed by atoms with Crippen LogP contribution >= 0.6 is 0 Å². The first-order valence-electron chi connectivity index (χ1n) is 10.2. The summed E-state index contributed by atoms with van der Waals surface area (Å²) >= 11 is 0. The van der Waals surface area contributed by atoms with Crippen LogP contribution in [-0.2, 0) is 6.54 Å². The van der Waals surface area contributed by atoms with Gasteiger partial charge in [-0.3, -0.25) is 14.9 Å². The molecule has 0 unspecified atom stereocenters. The molecule has 0 atom stereocenters. The Balaban J connectivity index is 1.36. The molecule has 3 aromatic carbocycles. The van der Waals surface area contributed by atoms with E-state index >= 15 is 0 Å². The number of nitrogens with zero attached hydrogens (tertiary/aromatic N) is 3. The Morgan fingerprint density at radius 1 is 1.06 bits per heavy atom. The lowest BCUT2D eigenvalue weighted by molar-refractivity contribution is -0.384. The minimum Gasteiger partial charge on any atom is -0.451 e. The normalized spacial score (nSPS) is 11.4. The lowest BCUT2D eigenvalue weighted by atomic mass is 10.2. The molecule has 33 heavy (non-hydrogen) atoms. The number of aromatic nitrogens is 1. The van der Waals surface area contributed by atoms with Gasteiger partial charge in [-0.2, -0.15) is 5.10 Å². The molecule has 8 heteroatoms. The highest BCUT2D eigenvalue weighted by Crippen LogP contribution is 2.24. The molecule has 0 aliphatic heterocycles. The molecule has 0 saturated carbocycles. The van der Waals surface area contributed by atoms with Gasteiger partial charge in [-0.25, -0.2) is 5.43 Å². The molecule has 5 rings (SSSR count). The number of non-ortho nitro benzene ring substituents is 1. The molecule has 1 N–H and O–H groups in total. The fourth-order valence-electron chi connectivity index (χ4n) is 3.76. The summed E-state index contributed by atoms with van der Waals surface area (Å²) < 4.78 is 7.63. The van der Waals surface area contributed by atoms with Gasteiger partial charge in [0.25, 0.3) is 5.69 Å². The van der Waals surface area contributed by atoms with Crippen LogP contribution in [0.5, 0.6) is 0 Å². The zero-order chi connectivity index (χ0) is 22.8. The van der Waals surface area contributed by atoms with Gasteiger partial charge in [-0.05, 0) is 23.8 Å². The fraction of sp³-hybridized carbons (Fsp3) is 0.0400. The van der Waals surface area contributed by atoms with Crippen molar-refractivity contribution in [3.05, 3.63) is 112 Å². The Bertz CT molecular complexity index is 1520. The maximum atomic E-state index is 12.5. The zero-order valence-corrected chi connectivity index (χ0v) is 17.3. The summed E-state index contributed by atoms with van der Waals surface area (Å²) in [6.45, 7) is 0.715. The Labute approximate surface area is 187 Å². The van der Waals surface area contributed by atoms with Gasteiger partial charge in [0.2, 0.25) is 0 Å². The van der Waals surface area contributed by atoms with Crippen molar-refractivity contribution in [2.24, 2.45) is 5.10 Å². The third kappa shape index (κ3) is 4.09. The monoisotopic (exact) mass is 438 g/mol. The van der Waals surface area contributed by atoms with Gasteiger partial charge in [0.1, 0.15) is 5.58 Å². The third-order valence-corrected chi connectivity index (χ3v) is 5.32. The van der Waals surface area contributed by atoms with E-state index in [1.165, 1.54) is 29.8 Å². The van der Waals surface area contributed by atoms with E-state index in [-0.39, 0.29) is 11.4 Å². The fourth-order valence-corrected chi connectivity index (χ4v) is 3.76. The Morgan fingerprint density at radius 3 is 2.67 bits per heavy atom. The van der Waals surface area contributed by atoms with Crippen LogP contribution in [0.25, 0.3) is 21.9 Å². The molecular weight excluding hydrogens is 420 g/mol. The molecule has 8 nitrogen and oxygen atoms in total. The number of hydrogen-bond acceptors (Lipinski definition) is 5. The number of fused-ring (bicyclic) bond motifs is 2. The number of nitro benzene ring substituents is 1. The second-order valence-electron chi connectivity index (χ2n) is 7.50. The molecule has 0 bridgehead atoms. The van der Waals surface area contributed by atoms with E-state index in [9.17, 15) is 14.9 Å². The standard InChI is InChI=1S/C25H18N4O4/c30-25(24-13-18-12-20(29(31)32)10-11-23(18)33-24)27-26-14-19-16-28(15-17-6-2-1-3-7-17)22-9-5-4-8-21(19)22/h1-14,16H,15H2,(H,27,30)/b26-14-. The molecule has 0 fully saturated rings. The molecule has 162 valence electrons. The van der Waals surface area contributed by atoms with Crippen LogP contribution in [0.2, 0.25) is 0 Å². The van der Waals surface area contributed by atoms with Gasteiger partial charge in [0.05, 0.1) is 11.1 Å². The number of carbonyl (C=O) groups excluding carboxylic acids is 1. The summed E-state index contributed by atoms with van der Waals surface area (Å²) in [6.07, 6.45) is 3.59. The maximum absolute atomic E-state index is 12.5. The Morgan fingerprint density at radius 2 is 1.85 bits per heavy atom. The Kier molecular flexibility index (Phi) is 5.16. The number of carbonyl (C=O) groups is 1. The third-order valence-electron chi connectivity index (χ3n) is 5.32. The van der Waals surface area contributed by atoms with Crippen LogP contribution in [0.1, 0.15) is 21.7 Å². The molecule has 2 heterocycles. The highest BCUT2D eigenvalue weighted by Gasteiger charge is 2.15. The largest absolute Gasteiger partial charge is 0.451 e. The minimum absolute atomic E-state index is 0.0224. The van der Waals surface area contributed by atoms with E-state index < -0.39 is 10.8 Å². The van der Waals surface area contributed by atoms with Crippen LogP contribution in [0.15, 0.2) is 94.6 Å². The summed E-state index contributed by atoms with van der Waals surface area (Å²) in [7, 11) is 0. The quantitative estimate of drug-likeness (QED) is 0.226. The van der Waals surface area contributed by atoms with Gasteiger partial charge in [-0.1, -0.05) is 48.5 Å². The number of rotatable bonds is 6. The molecule has 0 radical (unpaired) electrons. The van der Waals surface area contributed by atoms with Crippen LogP contribution in [0.3, 0.4) is 0 Å². The molecule has 5 aromatic rings. The van der Waals surface area contributed by atoms with Crippen LogP contribution in [0, 0.1) is 10.1 Å². The summed E-state index contributed by atoms with van der Waals surface area (Å²) in [4.78, 5) is 22.9. The van der Waals surface area contributed by atoms with E-state index in [2.05, 4.69) is 27.2 Å². The second kappa shape index (κ2) is 8.43. The van der Waals surface area contributed by atoms with Crippen LogP contribution < -0.4 is 5.43 Å². The maximum Gasteiger partial charge on any atom is 0.307 e. The minimum atomic E-state index is -0.543. The van der Waals surface area contributed by atoms with Gasteiger partial charge < -0.3 is 8.98 Å². The summed E-state index contributed by atoms with van der Waals surface area (Å²) in [5.74, 6) is -0.521. The summed E-state index contributed by atoms with van der Waals surface area (Å²) in [6, 6.07) is 23.8. The van der Waals surface area contributed by atoms with E-state index in [1.54, 1.807) is 6.21 Å². The van der Waals surface area contributed by atoms with Crippen molar-refractivity contribution in [3.8, 4) is 0 Å². The van der Waals surface area contributed by atoms with Crippen molar-refractivity contribution >= 4 is 39.7 Å². The van der Waals surface area contributed by atoms with Gasteiger partial charge >= 0.3 is 5.91 Å². The average Bonchev–Trinajstić information content (AvgIpc) is 3.41. The van der Waals surface area contributed by atoms with Gasteiger partial charge in [0.15, 0.2) is 5.76 Å². The van der Waals surface area contributed by atoms with Crippen molar-refractivity contribution in [2.45, 2.75) is 6.54 Å². The lowest BCUT2D eigenvalue weighted by Crippen LogP contribution is -2.16. The van der Waals surface area contributed by atoms with Crippen LogP contribution in [0.4, 0.5) is 5.69 Å². The van der Waals surface area contributed by atoms with E-state index in [0.717, 1.165) is 16.5 Å². The molecular formula is C25H18N4O4. The molecule has 0 aliphatic carbocycles. The predicted octanol–water partition coefficient (Wildman–Crippen LogP) is 5.11. The van der Waals surface area contributed by atoms with Crippen molar-refractivity contribution in [1.29, 1.82) is 0 Å². The Hall–Kier alpha value is -4.72.